The van der Waals surface area contributed by atoms with Crippen molar-refractivity contribution in [3.8, 4) is 11.3 Å². The van der Waals surface area contributed by atoms with E-state index >= 15 is 0 Å². The number of hydrogen-bond donors (Lipinski definition) is 0. The third-order valence-electron chi connectivity index (χ3n) is 6.56. The molecule has 1 amide bonds. The predicted octanol–water partition coefficient (Wildman–Crippen LogP) is 5.71. The summed E-state index contributed by atoms with van der Waals surface area (Å²) in [5.74, 6) is 0.708. The van der Waals surface area contributed by atoms with Gasteiger partial charge in [0.05, 0.1) is 0 Å². The zero-order valence-electron chi connectivity index (χ0n) is 18.8. The summed E-state index contributed by atoms with van der Waals surface area (Å²) in [4.78, 5) is 20.7. The normalized spacial score (nSPS) is 14.8. The average molecular weight is 424 g/mol. The highest BCUT2D eigenvalue weighted by molar-refractivity contribution is 5.99. The first-order valence-electron chi connectivity index (χ1n) is 11.5. The molecule has 0 aliphatic carbocycles. The van der Waals surface area contributed by atoms with Crippen molar-refractivity contribution in [1.29, 1.82) is 0 Å². The fourth-order valence-electron chi connectivity index (χ4n) is 4.71. The number of nitrogens with zero attached hydrogens (tertiary/aromatic N) is 3. The molecule has 1 aliphatic heterocycles. The van der Waals surface area contributed by atoms with Crippen molar-refractivity contribution in [1.82, 2.24) is 14.3 Å². The summed E-state index contributed by atoms with van der Waals surface area (Å²) in [5, 5.41) is 0. The van der Waals surface area contributed by atoms with Gasteiger partial charge in [-0.15, -0.1) is 0 Å². The summed E-state index contributed by atoms with van der Waals surface area (Å²) < 4.78 is 1.98. The van der Waals surface area contributed by atoms with Crippen LogP contribution in [0.25, 0.3) is 16.9 Å². The Hall–Kier alpha value is -3.40. The molecule has 162 valence electrons. The molecule has 0 N–H and O–H groups in total. The van der Waals surface area contributed by atoms with E-state index in [4.69, 9.17) is 4.98 Å². The zero-order chi connectivity index (χ0) is 22.1. The molecular formula is C28H29N3O. The molecule has 4 heteroatoms. The van der Waals surface area contributed by atoms with Gasteiger partial charge in [0.25, 0.3) is 5.91 Å². The molecule has 32 heavy (non-hydrogen) atoms. The maximum atomic E-state index is 13.8. The van der Waals surface area contributed by atoms with Crippen LogP contribution >= 0.6 is 0 Å². The lowest BCUT2D eigenvalue weighted by Gasteiger charge is -2.32. The Morgan fingerprint density at radius 3 is 2.31 bits per heavy atom. The molecule has 0 unspecified atom stereocenters. The lowest BCUT2D eigenvalue weighted by molar-refractivity contribution is 0.0684. The Kier molecular flexibility index (Phi) is 5.52. The molecule has 0 bridgehead atoms. The van der Waals surface area contributed by atoms with Crippen LogP contribution in [0.3, 0.4) is 0 Å². The van der Waals surface area contributed by atoms with Crippen molar-refractivity contribution < 1.29 is 4.79 Å². The average Bonchev–Trinajstić information content (AvgIpc) is 3.19. The summed E-state index contributed by atoms with van der Waals surface area (Å²) in [6.07, 6.45) is 5.19. The second-order valence-corrected chi connectivity index (χ2v) is 9.03. The monoisotopic (exact) mass is 423 g/mol. The number of imidazole rings is 1. The third-order valence-corrected chi connectivity index (χ3v) is 6.56. The predicted molar refractivity (Wildman–Crippen MR) is 129 cm³/mol. The van der Waals surface area contributed by atoms with Gasteiger partial charge in [0.15, 0.2) is 0 Å². The van der Waals surface area contributed by atoms with E-state index < -0.39 is 0 Å². The van der Waals surface area contributed by atoms with E-state index in [9.17, 15) is 4.79 Å². The van der Waals surface area contributed by atoms with Gasteiger partial charge in [0, 0.05) is 24.8 Å². The number of rotatable bonds is 4. The van der Waals surface area contributed by atoms with Gasteiger partial charge in [-0.25, -0.2) is 4.98 Å². The molecule has 0 radical (unpaired) electrons. The molecule has 1 fully saturated rings. The molecule has 2 aromatic carbocycles. The molecule has 1 saturated heterocycles. The number of likely N-dealkylation sites (tertiary alicyclic amines) is 1. The number of fused-ring (bicyclic) bond motifs is 1. The summed E-state index contributed by atoms with van der Waals surface area (Å²) in [7, 11) is 0. The molecule has 0 saturated carbocycles. The number of aromatic nitrogens is 2. The van der Waals surface area contributed by atoms with E-state index in [1.807, 2.05) is 34.6 Å². The Labute approximate surface area is 189 Å². The van der Waals surface area contributed by atoms with Crippen LogP contribution in [0, 0.1) is 19.8 Å². The van der Waals surface area contributed by atoms with Crippen molar-refractivity contribution in [2.24, 2.45) is 5.92 Å². The number of aryl methyl sites for hydroxylation is 2. The standard InChI is InChI=1S/C28H29N3O/c1-20-8-11-24(12-9-20)26-27(31-19-21(2)10-13-25(31)29-26)28(32)30-16-14-23(15-17-30)18-22-6-4-3-5-7-22/h3-13,19,23H,14-18H2,1-2H3. The third kappa shape index (κ3) is 4.05. The largest absolute Gasteiger partial charge is 0.337 e. The summed E-state index contributed by atoms with van der Waals surface area (Å²) in [6.45, 7) is 5.71. The minimum absolute atomic E-state index is 0.0804. The maximum Gasteiger partial charge on any atom is 0.273 e. The molecule has 5 rings (SSSR count). The van der Waals surface area contributed by atoms with E-state index in [1.54, 1.807) is 0 Å². The van der Waals surface area contributed by atoms with Crippen LogP contribution in [0.4, 0.5) is 0 Å². The van der Waals surface area contributed by atoms with E-state index in [-0.39, 0.29) is 5.91 Å². The van der Waals surface area contributed by atoms with Crippen LogP contribution in [0.1, 0.15) is 40.0 Å². The number of carbonyl (C=O) groups excluding carboxylic acids is 1. The SMILES string of the molecule is Cc1ccc(-c2nc3ccc(C)cn3c2C(=O)N2CCC(Cc3ccccc3)CC2)cc1. The van der Waals surface area contributed by atoms with E-state index in [1.165, 1.54) is 11.1 Å². The molecule has 4 nitrogen and oxygen atoms in total. The van der Waals surface area contributed by atoms with Crippen molar-refractivity contribution in [3.05, 3.63) is 95.3 Å². The van der Waals surface area contributed by atoms with Crippen LogP contribution in [0.2, 0.25) is 0 Å². The molecule has 0 atom stereocenters. The number of amides is 1. The van der Waals surface area contributed by atoms with E-state index in [0.717, 1.165) is 54.8 Å². The highest BCUT2D eigenvalue weighted by atomic mass is 16.2. The molecular weight excluding hydrogens is 394 g/mol. The van der Waals surface area contributed by atoms with Crippen LogP contribution in [-0.2, 0) is 6.42 Å². The first-order chi connectivity index (χ1) is 15.6. The van der Waals surface area contributed by atoms with Gasteiger partial charge in [-0.2, -0.15) is 0 Å². The second kappa shape index (κ2) is 8.62. The summed E-state index contributed by atoms with van der Waals surface area (Å²) in [6, 6.07) is 23.0. The molecule has 1 aliphatic rings. The fraction of sp³-hybridized carbons (Fsp3) is 0.286. The summed E-state index contributed by atoms with van der Waals surface area (Å²) >= 11 is 0. The van der Waals surface area contributed by atoms with Crippen LogP contribution in [0.15, 0.2) is 72.9 Å². The minimum Gasteiger partial charge on any atom is -0.337 e. The lowest BCUT2D eigenvalue weighted by atomic mass is 9.90. The van der Waals surface area contributed by atoms with Gasteiger partial charge in [-0.3, -0.25) is 9.20 Å². The van der Waals surface area contributed by atoms with E-state index in [0.29, 0.717) is 11.6 Å². The number of hydrogen-bond acceptors (Lipinski definition) is 2. The van der Waals surface area contributed by atoms with Crippen LogP contribution in [-0.4, -0.2) is 33.3 Å². The quantitative estimate of drug-likeness (QED) is 0.421. The Bertz CT molecular complexity index is 1230. The first-order valence-corrected chi connectivity index (χ1v) is 11.5. The van der Waals surface area contributed by atoms with Gasteiger partial charge in [-0.05, 0) is 56.2 Å². The van der Waals surface area contributed by atoms with Crippen LogP contribution < -0.4 is 0 Å². The van der Waals surface area contributed by atoms with Gasteiger partial charge in [-0.1, -0.05) is 66.2 Å². The van der Waals surface area contributed by atoms with Gasteiger partial charge < -0.3 is 4.90 Å². The number of piperidine rings is 1. The molecule has 4 aromatic rings. The van der Waals surface area contributed by atoms with Gasteiger partial charge >= 0.3 is 0 Å². The topological polar surface area (TPSA) is 37.6 Å². The number of carbonyl (C=O) groups is 1. The second-order valence-electron chi connectivity index (χ2n) is 9.03. The maximum absolute atomic E-state index is 13.8. The van der Waals surface area contributed by atoms with Crippen molar-refractivity contribution in [2.45, 2.75) is 33.1 Å². The lowest BCUT2D eigenvalue weighted by Crippen LogP contribution is -2.39. The smallest absolute Gasteiger partial charge is 0.273 e. The number of benzene rings is 2. The van der Waals surface area contributed by atoms with Gasteiger partial charge in [0.1, 0.15) is 17.0 Å². The van der Waals surface area contributed by atoms with Crippen molar-refractivity contribution in [2.75, 3.05) is 13.1 Å². The Morgan fingerprint density at radius 1 is 0.906 bits per heavy atom. The first kappa shape index (κ1) is 20.5. The van der Waals surface area contributed by atoms with Crippen molar-refractivity contribution >= 4 is 11.6 Å². The molecule has 2 aromatic heterocycles. The number of pyridine rings is 1. The Morgan fingerprint density at radius 2 is 1.59 bits per heavy atom. The highest BCUT2D eigenvalue weighted by Crippen LogP contribution is 2.29. The fourth-order valence-corrected chi connectivity index (χ4v) is 4.71. The van der Waals surface area contributed by atoms with Crippen molar-refractivity contribution in [3.63, 3.8) is 0 Å². The summed E-state index contributed by atoms with van der Waals surface area (Å²) in [5.41, 5.74) is 6.94. The minimum atomic E-state index is 0.0804. The zero-order valence-corrected chi connectivity index (χ0v) is 18.8. The molecule has 3 heterocycles. The Balaban J connectivity index is 1.42. The van der Waals surface area contributed by atoms with E-state index in [2.05, 4.69) is 61.5 Å². The van der Waals surface area contributed by atoms with Crippen LogP contribution in [0.5, 0.6) is 0 Å². The highest BCUT2D eigenvalue weighted by Gasteiger charge is 2.28. The molecule has 0 spiro atoms. The van der Waals surface area contributed by atoms with Gasteiger partial charge in [0.2, 0.25) is 0 Å².